The van der Waals surface area contributed by atoms with Gasteiger partial charge in [0.2, 0.25) is 9.76 Å². The first-order chi connectivity index (χ1) is 17.7. The molecule has 0 aliphatic rings. The molecule has 1 N–H and O–H groups in total. The Morgan fingerprint density at radius 1 is 0.722 bits per heavy atom. The van der Waals surface area contributed by atoms with Crippen molar-refractivity contribution in [3.05, 3.63) is 0 Å². The lowest BCUT2D eigenvalue weighted by atomic mass is 10.0. The Labute approximate surface area is 231 Å². The van der Waals surface area contributed by atoms with Crippen molar-refractivity contribution in [1.29, 1.82) is 0 Å². The van der Waals surface area contributed by atoms with Gasteiger partial charge in [0.15, 0.2) is 6.29 Å². The van der Waals surface area contributed by atoms with Gasteiger partial charge in [0.1, 0.15) is 5.55 Å². The minimum Gasteiger partial charge on any atom is -0.525 e. The topological polar surface area (TPSA) is 65.0 Å². The van der Waals surface area contributed by atoms with E-state index in [1.54, 1.807) is 14.2 Å². The van der Waals surface area contributed by atoms with E-state index in [4.69, 9.17) is 19.0 Å². The molecule has 0 spiro atoms. The van der Waals surface area contributed by atoms with Gasteiger partial charge in [0.25, 0.3) is 5.97 Å². The molecule has 0 fully saturated rings. The highest BCUT2D eigenvalue weighted by molar-refractivity contribution is 7.78. The quantitative estimate of drug-likeness (QED) is 0.0479. The summed E-state index contributed by atoms with van der Waals surface area (Å²) in [5.41, 5.74) is 0.583. The van der Waals surface area contributed by atoms with Crippen LogP contribution in [0.25, 0.3) is 0 Å². The van der Waals surface area contributed by atoms with E-state index in [9.17, 15) is 4.79 Å². The minimum absolute atomic E-state index is 0.0208. The van der Waals surface area contributed by atoms with Crippen molar-refractivity contribution in [3.8, 4) is 0 Å². The Morgan fingerprint density at radius 3 is 1.56 bits per heavy atom. The molecule has 0 saturated heterocycles. The number of aliphatic hydroxyl groups excluding tert-OH is 1. The molecular weight excluding hydrogens is 488 g/mol. The molecule has 0 amide bonds. The highest BCUT2D eigenvalue weighted by Gasteiger charge is 2.04. The lowest BCUT2D eigenvalue weighted by Gasteiger charge is -2.12. The summed E-state index contributed by atoms with van der Waals surface area (Å²) < 4.78 is 15.9. The number of unbranched alkanes of at least 4 members (excludes halogenated alkanes) is 18. The summed E-state index contributed by atoms with van der Waals surface area (Å²) in [6.45, 7) is 2.25. The molecule has 0 aromatic carbocycles. The van der Waals surface area contributed by atoms with Gasteiger partial charge >= 0.3 is 0 Å². The van der Waals surface area contributed by atoms with Gasteiger partial charge in [-0.05, 0) is 37.5 Å². The largest absolute Gasteiger partial charge is 0.525 e. The summed E-state index contributed by atoms with van der Waals surface area (Å²) in [7, 11) is 2.82. The fourth-order valence-electron chi connectivity index (χ4n) is 4.35. The van der Waals surface area contributed by atoms with E-state index >= 15 is 0 Å². The minimum atomic E-state index is -0.605. The SMILES string of the molecule is CCCCCCCC[SiH2]OC(=O)CCCCCCCCCCCCCCCCC(OC)OC.OC=S. The average Bonchev–Trinajstić information content (AvgIpc) is 2.88. The van der Waals surface area contributed by atoms with E-state index in [2.05, 4.69) is 19.1 Å². The predicted octanol–water partition coefficient (Wildman–Crippen LogP) is 8.75. The molecular formula is C29H60O5SSi. The van der Waals surface area contributed by atoms with Gasteiger partial charge in [-0.2, -0.15) is 0 Å². The van der Waals surface area contributed by atoms with E-state index in [0.717, 1.165) is 12.8 Å². The zero-order valence-electron chi connectivity index (χ0n) is 24.1. The number of methoxy groups -OCH3 is 2. The van der Waals surface area contributed by atoms with Crippen molar-refractivity contribution in [2.45, 2.75) is 161 Å². The van der Waals surface area contributed by atoms with Gasteiger partial charge in [0, 0.05) is 20.6 Å². The van der Waals surface area contributed by atoms with E-state index in [0.29, 0.717) is 12.0 Å². The zero-order chi connectivity index (χ0) is 27.0. The molecule has 0 aliphatic carbocycles. The van der Waals surface area contributed by atoms with Crippen LogP contribution in [0.15, 0.2) is 0 Å². The van der Waals surface area contributed by atoms with E-state index in [1.165, 1.54) is 128 Å². The Balaban J connectivity index is 0. The molecule has 0 radical (unpaired) electrons. The number of ether oxygens (including phenoxy) is 2. The van der Waals surface area contributed by atoms with Gasteiger partial charge in [0.05, 0.1) is 0 Å². The Kier molecular flexibility index (Phi) is 36.1. The van der Waals surface area contributed by atoms with E-state index in [-0.39, 0.29) is 12.3 Å². The number of carbonyl (C=O) groups excluding carboxylic acids is 1. The summed E-state index contributed by atoms with van der Waals surface area (Å²) in [6, 6.07) is 1.17. The van der Waals surface area contributed by atoms with Crippen LogP contribution in [-0.2, 0) is 18.7 Å². The second-order valence-electron chi connectivity index (χ2n) is 9.84. The van der Waals surface area contributed by atoms with Crippen molar-refractivity contribution in [3.63, 3.8) is 0 Å². The Morgan fingerprint density at radius 2 is 1.11 bits per heavy atom. The van der Waals surface area contributed by atoms with Crippen LogP contribution < -0.4 is 0 Å². The molecule has 0 aromatic rings. The lowest BCUT2D eigenvalue weighted by molar-refractivity contribution is -0.134. The molecule has 7 heteroatoms. The summed E-state index contributed by atoms with van der Waals surface area (Å²) in [4.78, 5) is 11.8. The maximum atomic E-state index is 11.8. The summed E-state index contributed by atoms with van der Waals surface area (Å²) in [6.07, 6.45) is 27.9. The average molecular weight is 549 g/mol. The normalized spacial score (nSPS) is 11.1. The van der Waals surface area contributed by atoms with Crippen LogP contribution in [0.4, 0.5) is 0 Å². The smallest absolute Gasteiger partial charge is 0.292 e. The predicted molar refractivity (Wildman–Crippen MR) is 161 cm³/mol. The van der Waals surface area contributed by atoms with Crippen LogP contribution in [0.5, 0.6) is 0 Å². The number of thiocarbonyl (C=S) groups is 1. The van der Waals surface area contributed by atoms with Crippen molar-refractivity contribution < 1.29 is 23.8 Å². The number of hydrogen-bond donors (Lipinski definition) is 1. The summed E-state index contributed by atoms with van der Waals surface area (Å²) in [5.74, 6) is 0.0711. The standard InChI is InChI=1S/C28H58O4Si.CH2OS/c1-4-5-6-7-20-23-26-33-32-27(29)24-21-18-16-14-12-10-8-9-11-13-15-17-19-22-25-28(30-2)31-3;2-1-3/h28H,4-26,33H2,1-3H3;1H,(H,2,3). The van der Waals surface area contributed by atoms with Crippen molar-refractivity contribution in [1.82, 2.24) is 0 Å². The number of hydrogen-bond acceptors (Lipinski definition) is 5. The number of aliphatic hydroxyl groups is 1. The van der Waals surface area contributed by atoms with E-state index in [1.807, 2.05) is 0 Å². The van der Waals surface area contributed by atoms with Gasteiger partial charge in [-0.15, -0.1) is 0 Å². The van der Waals surface area contributed by atoms with Gasteiger partial charge in [-0.25, -0.2) is 0 Å². The molecule has 0 bridgehead atoms. The number of carbonyl (C=O) groups is 1. The van der Waals surface area contributed by atoms with Crippen molar-refractivity contribution in [2.75, 3.05) is 14.2 Å². The van der Waals surface area contributed by atoms with Gasteiger partial charge < -0.3 is 19.0 Å². The monoisotopic (exact) mass is 548 g/mol. The molecule has 0 atom stereocenters. The first-order valence-electron chi connectivity index (χ1n) is 14.9. The third kappa shape index (κ3) is 33.5. The first kappa shape index (κ1) is 37.6. The fraction of sp³-hybridized carbons (Fsp3) is 0.931. The lowest BCUT2D eigenvalue weighted by Crippen LogP contribution is -2.12. The van der Waals surface area contributed by atoms with Crippen LogP contribution >= 0.6 is 12.2 Å². The fourth-order valence-corrected chi connectivity index (χ4v) is 5.42. The van der Waals surface area contributed by atoms with E-state index < -0.39 is 9.76 Å². The molecule has 0 saturated carbocycles. The van der Waals surface area contributed by atoms with Gasteiger partial charge in [-0.3, -0.25) is 4.79 Å². The molecule has 216 valence electrons. The molecule has 36 heavy (non-hydrogen) atoms. The Hall–Kier alpha value is -0.503. The zero-order valence-corrected chi connectivity index (χ0v) is 26.3. The second kappa shape index (κ2) is 34.5. The van der Waals surface area contributed by atoms with Crippen LogP contribution in [0.2, 0.25) is 6.04 Å². The second-order valence-corrected chi connectivity index (χ2v) is 11.5. The highest BCUT2D eigenvalue weighted by Crippen LogP contribution is 2.15. The maximum absolute atomic E-state index is 11.8. The first-order valence-corrected chi connectivity index (χ1v) is 17.0. The Bertz CT molecular complexity index is 436. The summed E-state index contributed by atoms with van der Waals surface area (Å²) in [5, 5.41) is 7.26. The highest BCUT2D eigenvalue weighted by atomic mass is 32.1. The molecule has 0 aliphatic heterocycles. The number of rotatable bonds is 27. The van der Waals surface area contributed by atoms with Crippen LogP contribution in [0.1, 0.15) is 148 Å². The van der Waals surface area contributed by atoms with Crippen LogP contribution in [0.3, 0.4) is 0 Å². The van der Waals surface area contributed by atoms with Gasteiger partial charge in [-0.1, -0.05) is 122 Å². The molecule has 0 unspecified atom stereocenters. The third-order valence-electron chi connectivity index (χ3n) is 6.61. The molecule has 0 aromatic heterocycles. The molecule has 5 nitrogen and oxygen atoms in total. The van der Waals surface area contributed by atoms with Crippen LogP contribution in [-0.4, -0.2) is 46.9 Å². The van der Waals surface area contributed by atoms with Crippen LogP contribution in [0, 0.1) is 0 Å². The molecule has 0 heterocycles. The summed E-state index contributed by atoms with van der Waals surface area (Å²) >= 11 is 3.82. The maximum Gasteiger partial charge on any atom is 0.292 e. The van der Waals surface area contributed by atoms with Crippen molar-refractivity contribution >= 4 is 33.5 Å². The van der Waals surface area contributed by atoms with Crippen molar-refractivity contribution in [2.24, 2.45) is 0 Å². The molecule has 0 rings (SSSR count). The third-order valence-corrected chi connectivity index (χ3v) is 7.92.